The molecule has 4 nitrogen and oxygen atoms in total. The molecule has 106 valence electrons. The highest BCUT2D eigenvalue weighted by Crippen LogP contribution is 2.28. The minimum absolute atomic E-state index is 0.0954. The fourth-order valence-corrected chi connectivity index (χ4v) is 2.93. The predicted molar refractivity (Wildman–Crippen MR) is 86.2 cm³/mol. The van der Waals surface area contributed by atoms with Crippen LogP contribution in [0.2, 0.25) is 0 Å². The van der Waals surface area contributed by atoms with Gasteiger partial charge in [-0.15, -0.1) is 0 Å². The maximum Gasteiger partial charge on any atom is 0.126 e. The Labute approximate surface area is 124 Å². The summed E-state index contributed by atoms with van der Waals surface area (Å²) in [6.45, 7) is 6.15. The zero-order valence-electron chi connectivity index (χ0n) is 12.1. The molecule has 19 heavy (non-hydrogen) atoms. The third-order valence-electron chi connectivity index (χ3n) is 3.07. The van der Waals surface area contributed by atoms with Gasteiger partial charge < -0.3 is 15.5 Å². The standard InChI is InChI=1S/C14H23BrN4/c1-5-19(10(2)9-18(3)4)12-8-6-7-11(15)13(12)14(16)17/h6-8,10H,5,9H2,1-4H3,(H3,16,17). The van der Waals surface area contributed by atoms with Gasteiger partial charge >= 0.3 is 0 Å². The fourth-order valence-electron chi connectivity index (χ4n) is 2.37. The van der Waals surface area contributed by atoms with Crippen LogP contribution in [0.4, 0.5) is 5.69 Å². The van der Waals surface area contributed by atoms with E-state index in [1.165, 1.54) is 0 Å². The molecule has 0 spiro atoms. The van der Waals surface area contributed by atoms with Crippen LogP contribution in [0.15, 0.2) is 22.7 Å². The molecule has 0 bridgehead atoms. The van der Waals surface area contributed by atoms with Crippen LogP contribution in [0, 0.1) is 5.41 Å². The first kappa shape index (κ1) is 16.0. The fraction of sp³-hybridized carbons (Fsp3) is 0.500. The maximum atomic E-state index is 7.78. The van der Waals surface area contributed by atoms with E-state index < -0.39 is 0 Å². The third-order valence-corrected chi connectivity index (χ3v) is 3.73. The number of hydrogen-bond donors (Lipinski definition) is 2. The highest BCUT2D eigenvalue weighted by Gasteiger charge is 2.19. The van der Waals surface area contributed by atoms with Crippen LogP contribution >= 0.6 is 15.9 Å². The van der Waals surface area contributed by atoms with E-state index in [2.05, 4.69) is 53.7 Å². The quantitative estimate of drug-likeness (QED) is 0.623. The minimum Gasteiger partial charge on any atom is -0.384 e. The van der Waals surface area contributed by atoms with Crippen molar-refractivity contribution in [2.75, 3.05) is 32.1 Å². The Kier molecular flexibility index (Phi) is 5.82. The molecular formula is C14H23BrN4. The summed E-state index contributed by atoms with van der Waals surface area (Å²) in [5.74, 6) is 0.0954. The average Bonchev–Trinajstić information content (AvgIpc) is 2.28. The van der Waals surface area contributed by atoms with Gasteiger partial charge in [-0.05, 0) is 56.0 Å². The molecule has 1 aromatic carbocycles. The first-order valence-electron chi connectivity index (χ1n) is 6.42. The largest absolute Gasteiger partial charge is 0.384 e. The average molecular weight is 327 g/mol. The molecule has 0 fully saturated rings. The molecule has 0 aromatic heterocycles. The summed E-state index contributed by atoms with van der Waals surface area (Å²) in [5.41, 5.74) is 7.51. The number of rotatable bonds is 6. The zero-order chi connectivity index (χ0) is 14.6. The topological polar surface area (TPSA) is 56.4 Å². The molecule has 0 aliphatic rings. The number of benzene rings is 1. The lowest BCUT2D eigenvalue weighted by atomic mass is 10.1. The number of nitrogens with two attached hydrogens (primary N) is 1. The van der Waals surface area contributed by atoms with Crippen LogP contribution in [-0.2, 0) is 0 Å². The van der Waals surface area contributed by atoms with E-state index in [-0.39, 0.29) is 5.84 Å². The van der Waals surface area contributed by atoms with Gasteiger partial charge in [0.05, 0.1) is 5.56 Å². The van der Waals surface area contributed by atoms with E-state index in [4.69, 9.17) is 11.1 Å². The molecule has 0 saturated heterocycles. The lowest BCUT2D eigenvalue weighted by Crippen LogP contribution is -2.41. The zero-order valence-corrected chi connectivity index (χ0v) is 13.7. The normalized spacial score (nSPS) is 12.5. The van der Waals surface area contributed by atoms with Crippen LogP contribution in [0.3, 0.4) is 0 Å². The van der Waals surface area contributed by atoms with Crippen molar-refractivity contribution < 1.29 is 0 Å². The summed E-state index contributed by atoms with van der Waals surface area (Å²) in [7, 11) is 4.13. The second-order valence-electron chi connectivity index (χ2n) is 4.94. The maximum absolute atomic E-state index is 7.78. The molecule has 0 heterocycles. The molecule has 0 aliphatic heterocycles. The summed E-state index contributed by atoms with van der Waals surface area (Å²) in [5, 5.41) is 7.78. The van der Waals surface area contributed by atoms with Crippen LogP contribution in [0.25, 0.3) is 0 Å². The Morgan fingerprint density at radius 2 is 2.05 bits per heavy atom. The Bertz CT molecular complexity index is 445. The van der Waals surface area contributed by atoms with Crippen molar-refractivity contribution in [2.24, 2.45) is 5.73 Å². The third kappa shape index (κ3) is 3.94. The Balaban J connectivity index is 3.18. The van der Waals surface area contributed by atoms with Crippen molar-refractivity contribution in [2.45, 2.75) is 19.9 Å². The first-order chi connectivity index (χ1) is 8.88. The summed E-state index contributed by atoms with van der Waals surface area (Å²) >= 11 is 3.49. The number of nitrogens with zero attached hydrogens (tertiary/aromatic N) is 2. The number of hydrogen-bond acceptors (Lipinski definition) is 3. The number of nitrogens with one attached hydrogen (secondary N) is 1. The van der Waals surface area contributed by atoms with E-state index in [0.717, 1.165) is 28.8 Å². The molecule has 0 aliphatic carbocycles. The molecule has 1 unspecified atom stereocenters. The molecule has 1 atom stereocenters. The Morgan fingerprint density at radius 1 is 1.42 bits per heavy atom. The Hall–Kier alpha value is -1.07. The van der Waals surface area contributed by atoms with Crippen LogP contribution in [-0.4, -0.2) is 44.0 Å². The van der Waals surface area contributed by atoms with Crippen molar-refractivity contribution in [3.63, 3.8) is 0 Å². The van der Waals surface area contributed by atoms with Gasteiger partial charge in [0, 0.05) is 29.3 Å². The van der Waals surface area contributed by atoms with Gasteiger partial charge in [0.15, 0.2) is 0 Å². The van der Waals surface area contributed by atoms with E-state index >= 15 is 0 Å². The van der Waals surface area contributed by atoms with Gasteiger partial charge in [-0.2, -0.15) is 0 Å². The molecule has 0 amide bonds. The number of nitrogen functional groups attached to an aromatic ring is 1. The van der Waals surface area contributed by atoms with Crippen molar-refractivity contribution in [1.29, 1.82) is 5.41 Å². The van der Waals surface area contributed by atoms with Crippen LogP contribution in [0.5, 0.6) is 0 Å². The van der Waals surface area contributed by atoms with Crippen molar-refractivity contribution >= 4 is 27.5 Å². The van der Waals surface area contributed by atoms with Gasteiger partial charge in [-0.3, -0.25) is 5.41 Å². The molecule has 1 aromatic rings. The van der Waals surface area contributed by atoms with E-state index in [0.29, 0.717) is 6.04 Å². The summed E-state index contributed by atoms with van der Waals surface area (Å²) in [6, 6.07) is 6.28. The predicted octanol–water partition coefficient (Wildman–Crippen LogP) is 2.51. The van der Waals surface area contributed by atoms with Gasteiger partial charge in [-0.25, -0.2) is 0 Å². The summed E-state index contributed by atoms with van der Waals surface area (Å²) in [6.07, 6.45) is 0. The summed E-state index contributed by atoms with van der Waals surface area (Å²) < 4.78 is 0.869. The van der Waals surface area contributed by atoms with Gasteiger partial charge in [-0.1, -0.05) is 6.07 Å². The second-order valence-corrected chi connectivity index (χ2v) is 5.80. The van der Waals surface area contributed by atoms with E-state index in [9.17, 15) is 0 Å². The van der Waals surface area contributed by atoms with Crippen molar-refractivity contribution in [3.8, 4) is 0 Å². The van der Waals surface area contributed by atoms with E-state index in [1.807, 2.05) is 18.2 Å². The lowest BCUT2D eigenvalue weighted by molar-refractivity contribution is 0.373. The molecule has 0 saturated carbocycles. The Morgan fingerprint density at radius 3 is 2.53 bits per heavy atom. The van der Waals surface area contributed by atoms with E-state index in [1.54, 1.807) is 0 Å². The van der Waals surface area contributed by atoms with Gasteiger partial charge in [0.25, 0.3) is 0 Å². The number of halogens is 1. The molecule has 0 radical (unpaired) electrons. The number of amidine groups is 1. The summed E-state index contributed by atoms with van der Waals surface area (Å²) in [4.78, 5) is 4.44. The highest BCUT2D eigenvalue weighted by atomic mass is 79.9. The molecule has 3 N–H and O–H groups in total. The van der Waals surface area contributed by atoms with Crippen LogP contribution < -0.4 is 10.6 Å². The minimum atomic E-state index is 0.0954. The molecular weight excluding hydrogens is 304 g/mol. The highest BCUT2D eigenvalue weighted by molar-refractivity contribution is 9.10. The molecule has 1 rings (SSSR count). The lowest BCUT2D eigenvalue weighted by Gasteiger charge is -2.33. The number of anilines is 1. The number of likely N-dealkylation sites (N-methyl/N-ethyl adjacent to an activating group) is 2. The second kappa shape index (κ2) is 6.91. The van der Waals surface area contributed by atoms with Crippen molar-refractivity contribution in [1.82, 2.24) is 4.90 Å². The van der Waals surface area contributed by atoms with Gasteiger partial charge in [0.1, 0.15) is 5.84 Å². The SMILES string of the molecule is CCN(c1cccc(Br)c1C(=N)N)C(C)CN(C)C. The van der Waals surface area contributed by atoms with Crippen molar-refractivity contribution in [3.05, 3.63) is 28.2 Å². The smallest absolute Gasteiger partial charge is 0.126 e. The van der Waals surface area contributed by atoms with Crippen LogP contribution in [0.1, 0.15) is 19.4 Å². The van der Waals surface area contributed by atoms with Gasteiger partial charge in [0.2, 0.25) is 0 Å². The molecule has 5 heteroatoms. The first-order valence-corrected chi connectivity index (χ1v) is 7.22. The monoisotopic (exact) mass is 326 g/mol.